The lowest BCUT2D eigenvalue weighted by atomic mass is 10.0. The van der Waals surface area contributed by atoms with Gasteiger partial charge < -0.3 is 4.90 Å². The minimum absolute atomic E-state index is 0.0229. The molecular formula is C22H19F2N9. The fraction of sp³-hybridized carbons (Fsp3) is 0.273. The van der Waals surface area contributed by atoms with Crippen LogP contribution in [0, 0.1) is 6.92 Å². The largest absolute Gasteiger partial charge is 0.333 e. The number of hydrogen-bond donors (Lipinski definition) is 0. The Morgan fingerprint density at radius 2 is 1.85 bits per heavy atom. The van der Waals surface area contributed by atoms with E-state index in [1.165, 1.54) is 18.3 Å². The summed E-state index contributed by atoms with van der Waals surface area (Å²) in [4.78, 5) is 10.7. The molecule has 5 aromatic rings. The molecule has 1 aliphatic heterocycles. The summed E-state index contributed by atoms with van der Waals surface area (Å²) in [5.74, 6) is -3.98. The number of hydrogen-bond acceptors (Lipinski definition) is 7. The Morgan fingerprint density at radius 1 is 1.00 bits per heavy atom. The Bertz CT molecular complexity index is 1500. The van der Waals surface area contributed by atoms with Crippen LogP contribution in [0.5, 0.6) is 0 Å². The molecule has 6 rings (SSSR count). The summed E-state index contributed by atoms with van der Waals surface area (Å²) < 4.78 is 33.9. The maximum absolute atomic E-state index is 15.5. The number of halogens is 2. The third-order valence-corrected chi connectivity index (χ3v) is 5.93. The molecule has 0 unspecified atom stereocenters. The minimum Gasteiger partial charge on any atom is -0.302 e. The normalized spacial score (nSPS) is 15.4. The third-order valence-electron chi connectivity index (χ3n) is 5.93. The van der Waals surface area contributed by atoms with E-state index >= 15 is 8.78 Å². The summed E-state index contributed by atoms with van der Waals surface area (Å²) in [6.07, 6.45) is 6.95. The molecule has 1 aromatic carbocycles. The van der Waals surface area contributed by atoms with E-state index in [4.69, 9.17) is 0 Å². The van der Waals surface area contributed by atoms with Gasteiger partial charge in [0.05, 0.1) is 29.6 Å². The van der Waals surface area contributed by atoms with Crippen LogP contribution in [0.15, 0.2) is 49.1 Å². The first-order valence-corrected chi connectivity index (χ1v) is 10.5. The van der Waals surface area contributed by atoms with Crippen molar-refractivity contribution in [1.29, 1.82) is 0 Å². The highest BCUT2D eigenvalue weighted by atomic mass is 19.3. The van der Waals surface area contributed by atoms with Crippen molar-refractivity contribution in [3.8, 4) is 11.1 Å². The second-order valence-electron chi connectivity index (χ2n) is 8.42. The standard InChI is InChI=1S/C22H19F2N9/c1-13-7-26-21-29-28-20(33(21)30-13)22(23,24)17-3-4-19-14(6-17)5-15(8-25-19)16-9-27-32(10-16)18-11-31(2)12-18/h3-10,18H,11-12H2,1-2H3. The molecule has 11 heteroatoms. The Balaban J connectivity index is 1.38. The number of pyridine rings is 1. The number of alkyl halides is 2. The van der Waals surface area contributed by atoms with Gasteiger partial charge >= 0.3 is 5.92 Å². The average molecular weight is 447 g/mol. The summed E-state index contributed by atoms with van der Waals surface area (Å²) in [6, 6.07) is 6.57. The molecule has 0 N–H and O–H groups in total. The molecule has 0 radical (unpaired) electrons. The molecule has 33 heavy (non-hydrogen) atoms. The summed E-state index contributed by atoms with van der Waals surface area (Å²) in [5.41, 5.74) is 2.59. The lowest BCUT2D eigenvalue weighted by Gasteiger charge is -2.36. The molecule has 9 nitrogen and oxygen atoms in total. The summed E-state index contributed by atoms with van der Waals surface area (Å²) >= 11 is 0. The van der Waals surface area contributed by atoms with Gasteiger partial charge in [-0.3, -0.25) is 9.67 Å². The van der Waals surface area contributed by atoms with Crippen LogP contribution >= 0.6 is 0 Å². The van der Waals surface area contributed by atoms with Crippen LogP contribution in [0.3, 0.4) is 0 Å². The van der Waals surface area contributed by atoms with E-state index in [0.717, 1.165) is 28.7 Å². The van der Waals surface area contributed by atoms with Crippen molar-refractivity contribution in [1.82, 2.24) is 44.5 Å². The first kappa shape index (κ1) is 19.8. The van der Waals surface area contributed by atoms with Gasteiger partial charge in [0, 0.05) is 47.6 Å². The maximum atomic E-state index is 15.5. The molecule has 4 aromatic heterocycles. The van der Waals surface area contributed by atoms with E-state index in [9.17, 15) is 0 Å². The highest BCUT2D eigenvalue weighted by molar-refractivity contribution is 5.84. The molecule has 5 heterocycles. The lowest BCUT2D eigenvalue weighted by molar-refractivity contribution is 0.0306. The zero-order valence-corrected chi connectivity index (χ0v) is 17.9. The molecule has 0 aliphatic carbocycles. The van der Waals surface area contributed by atoms with Gasteiger partial charge in [0.25, 0.3) is 5.78 Å². The third kappa shape index (κ3) is 3.23. The van der Waals surface area contributed by atoms with Crippen molar-refractivity contribution in [2.75, 3.05) is 20.1 Å². The molecule has 166 valence electrons. The van der Waals surface area contributed by atoms with Crippen molar-refractivity contribution in [2.45, 2.75) is 18.9 Å². The van der Waals surface area contributed by atoms with Crippen LogP contribution < -0.4 is 0 Å². The highest BCUT2D eigenvalue weighted by Gasteiger charge is 2.40. The number of aryl methyl sites for hydroxylation is 1. The lowest BCUT2D eigenvalue weighted by Crippen LogP contribution is -2.45. The average Bonchev–Trinajstić information content (AvgIpc) is 3.43. The molecule has 1 saturated heterocycles. The summed E-state index contributed by atoms with van der Waals surface area (Å²) in [5, 5.41) is 16.6. The molecule has 0 spiro atoms. The number of nitrogens with zero attached hydrogens (tertiary/aromatic N) is 9. The zero-order valence-electron chi connectivity index (χ0n) is 17.9. The number of rotatable bonds is 4. The van der Waals surface area contributed by atoms with Gasteiger partial charge in [-0.15, -0.1) is 10.2 Å². The molecular weight excluding hydrogens is 428 g/mol. The van der Waals surface area contributed by atoms with Gasteiger partial charge in [-0.25, -0.2) is 4.98 Å². The highest BCUT2D eigenvalue weighted by Crippen LogP contribution is 2.36. The molecule has 0 atom stereocenters. The van der Waals surface area contributed by atoms with Gasteiger partial charge in [-0.1, -0.05) is 6.07 Å². The molecule has 1 fully saturated rings. The minimum atomic E-state index is -3.42. The van der Waals surface area contributed by atoms with Crippen molar-refractivity contribution in [3.63, 3.8) is 0 Å². The quantitative estimate of drug-likeness (QED) is 0.418. The fourth-order valence-electron chi connectivity index (χ4n) is 4.11. The second-order valence-corrected chi connectivity index (χ2v) is 8.42. The smallest absolute Gasteiger partial charge is 0.302 e. The van der Waals surface area contributed by atoms with Crippen molar-refractivity contribution >= 4 is 16.7 Å². The van der Waals surface area contributed by atoms with Crippen LogP contribution in [-0.4, -0.2) is 64.6 Å². The van der Waals surface area contributed by atoms with Crippen molar-refractivity contribution in [3.05, 3.63) is 66.1 Å². The van der Waals surface area contributed by atoms with Crippen LogP contribution in [0.4, 0.5) is 8.78 Å². The maximum Gasteiger partial charge on any atom is 0.333 e. The van der Waals surface area contributed by atoms with Gasteiger partial charge in [0.15, 0.2) is 0 Å². The van der Waals surface area contributed by atoms with E-state index in [-0.39, 0.29) is 11.3 Å². The predicted molar refractivity (Wildman–Crippen MR) is 116 cm³/mol. The number of fused-ring (bicyclic) bond motifs is 2. The summed E-state index contributed by atoms with van der Waals surface area (Å²) in [7, 11) is 2.07. The van der Waals surface area contributed by atoms with E-state index in [1.807, 2.05) is 16.9 Å². The van der Waals surface area contributed by atoms with E-state index in [2.05, 4.69) is 42.3 Å². The second kappa shape index (κ2) is 7.07. The fourth-order valence-corrected chi connectivity index (χ4v) is 4.11. The number of likely N-dealkylation sites (tertiary alicyclic amines) is 1. The topological polar surface area (TPSA) is 89.9 Å². The van der Waals surface area contributed by atoms with Gasteiger partial charge in [-0.05, 0) is 32.2 Å². The molecule has 0 saturated carbocycles. The Kier molecular flexibility index (Phi) is 4.24. The predicted octanol–water partition coefficient (Wildman–Crippen LogP) is 2.87. The Labute approximate surface area is 186 Å². The van der Waals surface area contributed by atoms with E-state index in [0.29, 0.717) is 22.6 Å². The van der Waals surface area contributed by atoms with Crippen LogP contribution in [-0.2, 0) is 5.92 Å². The Morgan fingerprint density at radius 3 is 2.67 bits per heavy atom. The number of likely N-dealkylation sites (N-methyl/N-ethyl adjacent to an activating group) is 1. The first-order chi connectivity index (χ1) is 15.9. The van der Waals surface area contributed by atoms with Crippen molar-refractivity contribution in [2.24, 2.45) is 0 Å². The molecule has 1 aliphatic rings. The van der Waals surface area contributed by atoms with Crippen LogP contribution in [0.2, 0.25) is 0 Å². The molecule has 0 amide bonds. The molecule has 0 bridgehead atoms. The summed E-state index contributed by atoms with van der Waals surface area (Å²) in [6.45, 7) is 3.58. The monoisotopic (exact) mass is 447 g/mol. The SMILES string of the molecule is Cc1cnc2nnc(C(F)(F)c3ccc4ncc(-c5cnn(C6CN(C)C6)c5)cc4c3)n2n1. The first-order valence-electron chi connectivity index (χ1n) is 10.5. The van der Waals surface area contributed by atoms with Crippen molar-refractivity contribution < 1.29 is 8.78 Å². The van der Waals surface area contributed by atoms with Crippen LogP contribution in [0.1, 0.15) is 23.1 Å². The number of aromatic nitrogens is 8. The van der Waals surface area contributed by atoms with E-state index < -0.39 is 11.7 Å². The Hall–Kier alpha value is -3.86. The zero-order chi connectivity index (χ0) is 22.7. The van der Waals surface area contributed by atoms with Gasteiger partial charge in [-0.2, -0.15) is 23.5 Å². The van der Waals surface area contributed by atoms with E-state index in [1.54, 1.807) is 25.4 Å². The number of benzene rings is 1. The van der Waals surface area contributed by atoms with Gasteiger partial charge in [0.1, 0.15) is 0 Å². The van der Waals surface area contributed by atoms with Crippen LogP contribution in [0.25, 0.3) is 27.8 Å². The van der Waals surface area contributed by atoms with Gasteiger partial charge in [0.2, 0.25) is 5.82 Å².